The van der Waals surface area contributed by atoms with Gasteiger partial charge in [0.25, 0.3) is 0 Å². The number of nitrogens with one attached hydrogen (secondary N) is 2. The van der Waals surface area contributed by atoms with Crippen molar-refractivity contribution < 1.29 is 33.4 Å². The summed E-state index contributed by atoms with van der Waals surface area (Å²) in [5.74, 6) is -2.46. The molecule has 32 heavy (non-hydrogen) atoms. The second-order valence-electron chi connectivity index (χ2n) is 6.48. The minimum Gasteiger partial charge on any atom is -0.464 e. The topological polar surface area (TPSA) is 151 Å². The highest BCUT2D eigenvalue weighted by Gasteiger charge is 2.35. The highest BCUT2D eigenvalue weighted by Crippen LogP contribution is 2.28. The number of amides is 2. The normalized spacial score (nSPS) is 15.5. The molecule has 0 unspecified atom stereocenters. The van der Waals surface area contributed by atoms with Gasteiger partial charge in [-0.15, -0.1) is 5.10 Å². The van der Waals surface area contributed by atoms with Crippen LogP contribution in [-0.2, 0) is 25.5 Å². The molecule has 2 heterocycles. The van der Waals surface area contributed by atoms with Gasteiger partial charge in [-0.1, -0.05) is 35.5 Å². The zero-order valence-corrected chi connectivity index (χ0v) is 17.6. The number of urea groups is 1. The first-order valence-corrected chi connectivity index (χ1v) is 9.53. The third-order valence-electron chi connectivity index (χ3n) is 4.58. The lowest BCUT2D eigenvalue weighted by atomic mass is 9.95. The molecule has 1 aliphatic rings. The highest BCUT2D eigenvalue weighted by molar-refractivity contribution is 6.00. The summed E-state index contributed by atoms with van der Waals surface area (Å²) < 4.78 is 15.6. The van der Waals surface area contributed by atoms with Crippen molar-refractivity contribution in [1.29, 1.82) is 0 Å². The Hall–Kier alpha value is -4.22. The molecule has 0 fully saturated rings. The van der Waals surface area contributed by atoms with E-state index in [1.165, 1.54) is 0 Å². The zero-order chi connectivity index (χ0) is 23.3. The smallest absolute Gasteiger partial charge is 0.361 e. The maximum absolute atomic E-state index is 12.8. The molecule has 12 heteroatoms. The summed E-state index contributed by atoms with van der Waals surface area (Å²) >= 11 is 0. The molecule has 0 saturated heterocycles. The molecular formula is C20H21N5O7. The fourth-order valence-corrected chi connectivity index (χ4v) is 3.19. The van der Waals surface area contributed by atoms with Gasteiger partial charge in [-0.05, 0) is 12.5 Å². The average molecular weight is 443 g/mol. The largest absolute Gasteiger partial charge is 0.464 e. The third kappa shape index (κ3) is 4.43. The minimum absolute atomic E-state index is 0.105. The lowest BCUT2D eigenvalue weighted by Crippen LogP contribution is -2.47. The number of methoxy groups -OCH3 is 2. The molecule has 0 radical (unpaired) electrons. The number of hydrogen-bond acceptors (Lipinski definition) is 9. The van der Waals surface area contributed by atoms with Crippen molar-refractivity contribution in [3.63, 3.8) is 0 Å². The highest BCUT2D eigenvalue weighted by atomic mass is 16.5. The first-order valence-electron chi connectivity index (χ1n) is 9.53. The number of benzene rings is 1. The van der Waals surface area contributed by atoms with Crippen LogP contribution in [0.3, 0.4) is 0 Å². The lowest BCUT2D eigenvalue weighted by Gasteiger charge is -2.29. The van der Waals surface area contributed by atoms with Crippen LogP contribution < -0.4 is 10.6 Å². The monoisotopic (exact) mass is 443 g/mol. The van der Waals surface area contributed by atoms with E-state index >= 15 is 0 Å². The molecule has 1 aliphatic heterocycles. The summed E-state index contributed by atoms with van der Waals surface area (Å²) in [5, 5.41) is 12.8. The van der Waals surface area contributed by atoms with E-state index in [9.17, 15) is 19.2 Å². The van der Waals surface area contributed by atoms with Crippen molar-refractivity contribution in [2.45, 2.75) is 19.5 Å². The summed E-state index contributed by atoms with van der Waals surface area (Å²) in [4.78, 5) is 49.5. The van der Waals surface area contributed by atoms with Gasteiger partial charge in [0.1, 0.15) is 0 Å². The van der Waals surface area contributed by atoms with Gasteiger partial charge in [0, 0.05) is 0 Å². The van der Waals surface area contributed by atoms with Crippen molar-refractivity contribution in [3.05, 3.63) is 58.6 Å². The summed E-state index contributed by atoms with van der Waals surface area (Å²) in [7, 11) is 2.25. The van der Waals surface area contributed by atoms with Crippen molar-refractivity contribution in [1.82, 2.24) is 25.6 Å². The molecular weight excluding hydrogens is 422 g/mol. The summed E-state index contributed by atoms with van der Waals surface area (Å²) in [5.41, 5.74) is 0.220. The molecule has 12 nitrogen and oxygen atoms in total. The molecule has 1 atom stereocenters. The Kier molecular flexibility index (Phi) is 6.83. The van der Waals surface area contributed by atoms with Crippen LogP contribution in [-0.4, -0.2) is 59.8 Å². The standard InChI is InChI=1S/C20H21N5O7/c1-4-32-17(26)13-12(21-20(29)22-14(13)11-8-6-5-7-9-11)10-25-16(19(28)31-3)15(23-24-25)18(27)30-2/h5-9,14H,4,10H2,1-3H3,(H2,21,22,29)/t14-/m0/s1. The number of allylic oxidation sites excluding steroid dienone is 1. The molecule has 1 aromatic carbocycles. The lowest BCUT2D eigenvalue weighted by molar-refractivity contribution is -0.139. The van der Waals surface area contributed by atoms with Crippen molar-refractivity contribution in [3.8, 4) is 0 Å². The maximum atomic E-state index is 12.8. The van der Waals surface area contributed by atoms with Gasteiger partial charge >= 0.3 is 23.9 Å². The molecule has 1 aromatic heterocycles. The number of aromatic nitrogens is 3. The Labute approximate surface area is 182 Å². The van der Waals surface area contributed by atoms with Crippen molar-refractivity contribution >= 4 is 23.9 Å². The van der Waals surface area contributed by atoms with E-state index in [0.29, 0.717) is 5.56 Å². The predicted molar refractivity (Wildman–Crippen MR) is 107 cm³/mol. The minimum atomic E-state index is -0.896. The van der Waals surface area contributed by atoms with Gasteiger partial charge in [0.15, 0.2) is 5.69 Å². The Morgan fingerprint density at radius 2 is 1.75 bits per heavy atom. The first-order chi connectivity index (χ1) is 15.4. The number of carbonyl (C=O) groups excluding carboxylic acids is 4. The van der Waals surface area contributed by atoms with E-state index in [-0.39, 0.29) is 35.8 Å². The van der Waals surface area contributed by atoms with E-state index in [1.807, 2.05) is 0 Å². The molecule has 168 valence electrons. The van der Waals surface area contributed by atoms with Gasteiger partial charge in [-0.2, -0.15) is 0 Å². The van der Waals surface area contributed by atoms with Gasteiger partial charge < -0.3 is 24.8 Å². The van der Waals surface area contributed by atoms with Gasteiger partial charge in [-0.3, -0.25) is 0 Å². The van der Waals surface area contributed by atoms with Crippen LogP contribution in [0.25, 0.3) is 0 Å². The van der Waals surface area contributed by atoms with Crippen LogP contribution in [0.5, 0.6) is 0 Å². The SMILES string of the molecule is CCOC(=O)C1=C(Cn2nnc(C(=O)OC)c2C(=O)OC)NC(=O)N[C@H]1c1ccccc1. The Balaban J connectivity index is 2.13. The number of esters is 3. The van der Waals surface area contributed by atoms with Crippen LogP contribution >= 0.6 is 0 Å². The number of ether oxygens (including phenoxy) is 3. The van der Waals surface area contributed by atoms with Gasteiger partial charge in [-0.25, -0.2) is 23.9 Å². The molecule has 3 rings (SSSR count). The molecule has 2 aromatic rings. The Morgan fingerprint density at radius 3 is 2.38 bits per heavy atom. The maximum Gasteiger partial charge on any atom is 0.361 e. The predicted octanol–water partition coefficient (Wildman–Crippen LogP) is 0.723. The molecule has 2 N–H and O–H groups in total. The molecule has 0 aliphatic carbocycles. The van der Waals surface area contributed by atoms with Gasteiger partial charge in [0.05, 0.1) is 44.7 Å². The van der Waals surface area contributed by atoms with Gasteiger partial charge in [0.2, 0.25) is 5.69 Å². The van der Waals surface area contributed by atoms with Crippen molar-refractivity contribution in [2.24, 2.45) is 0 Å². The number of hydrogen-bond donors (Lipinski definition) is 2. The Bertz CT molecular complexity index is 1080. The molecule has 0 saturated carbocycles. The van der Waals surface area contributed by atoms with Crippen LogP contribution in [0.15, 0.2) is 41.6 Å². The average Bonchev–Trinajstić information content (AvgIpc) is 3.21. The first kappa shape index (κ1) is 22.5. The summed E-state index contributed by atoms with van der Waals surface area (Å²) in [6, 6.07) is 7.44. The van der Waals surface area contributed by atoms with Crippen LogP contribution in [0.1, 0.15) is 39.5 Å². The van der Waals surface area contributed by atoms with E-state index in [1.54, 1.807) is 37.3 Å². The summed E-state index contributed by atoms with van der Waals surface area (Å²) in [6.45, 7) is 1.48. The number of rotatable bonds is 7. The Morgan fingerprint density at radius 1 is 1.06 bits per heavy atom. The van der Waals surface area contributed by atoms with Crippen LogP contribution in [0.2, 0.25) is 0 Å². The van der Waals surface area contributed by atoms with E-state index < -0.39 is 30.0 Å². The number of carbonyl (C=O) groups is 4. The summed E-state index contributed by atoms with van der Waals surface area (Å²) in [6.07, 6.45) is 0. The quantitative estimate of drug-likeness (QED) is 0.466. The molecule has 0 bridgehead atoms. The second-order valence-corrected chi connectivity index (χ2v) is 6.48. The third-order valence-corrected chi connectivity index (χ3v) is 4.58. The van der Waals surface area contributed by atoms with Crippen molar-refractivity contribution in [2.75, 3.05) is 20.8 Å². The second kappa shape index (κ2) is 9.73. The number of nitrogens with zero attached hydrogens (tertiary/aromatic N) is 3. The molecule has 0 spiro atoms. The van der Waals surface area contributed by atoms with Crippen LogP contribution in [0, 0.1) is 0 Å². The molecule has 2 amide bonds. The zero-order valence-electron chi connectivity index (χ0n) is 17.6. The van der Waals surface area contributed by atoms with Crippen LogP contribution in [0.4, 0.5) is 4.79 Å². The van der Waals surface area contributed by atoms with E-state index in [0.717, 1.165) is 18.9 Å². The van der Waals surface area contributed by atoms with E-state index in [2.05, 4.69) is 25.7 Å². The van der Waals surface area contributed by atoms with E-state index in [4.69, 9.17) is 9.47 Å². The fraction of sp³-hybridized carbons (Fsp3) is 0.300. The fourth-order valence-electron chi connectivity index (χ4n) is 3.19.